The number of nitrogens with zero attached hydrogens (tertiary/aromatic N) is 1. The van der Waals surface area contributed by atoms with Crippen LogP contribution in [0, 0.1) is 0 Å². The maximum Gasteiger partial charge on any atom is 0.227 e. The maximum atomic E-state index is 13.7. The number of benzene rings is 2. The summed E-state index contributed by atoms with van der Waals surface area (Å²) in [6.07, 6.45) is 0.677. The van der Waals surface area contributed by atoms with Gasteiger partial charge in [-0.2, -0.15) is 0 Å². The number of hydrogen-bond acceptors (Lipinski definition) is 7. The molecule has 9 heteroatoms. The number of rotatable bonds is 8. The van der Waals surface area contributed by atoms with Crippen LogP contribution in [-0.4, -0.2) is 48.8 Å². The molecule has 0 aliphatic carbocycles. The lowest BCUT2D eigenvalue weighted by atomic mass is 9.90. The van der Waals surface area contributed by atoms with Crippen LogP contribution >= 0.6 is 0 Å². The third kappa shape index (κ3) is 4.72. The molecule has 2 aromatic heterocycles. The predicted molar refractivity (Wildman–Crippen MR) is 141 cm³/mol. The first-order chi connectivity index (χ1) is 18.4. The molecule has 38 heavy (non-hydrogen) atoms. The standard InChI is InChI=1S/C29H30N2O7/c1-35-16-18-12-25(32)28(34)29(38-18)22(21-9-8-17(36-2)13-26(21)37-3)14-27(33)31-11-10-20-19-6-4-5-7-23(19)30-24(20)15-31/h4-9,12-13,22,30,34H,10-11,14-16H2,1-3H3/t22-/m1/s1. The van der Waals surface area contributed by atoms with Crippen molar-refractivity contribution in [3.63, 3.8) is 0 Å². The molecule has 0 saturated carbocycles. The van der Waals surface area contributed by atoms with Gasteiger partial charge in [-0.15, -0.1) is 0 Å². The first-order valence-electron chi connectivity index (χ1n) is 12.4. The van der Waals surface area contributed by atoms with Gasteiger partial charge >= 0.3 is 0 Å². The van der Waals surface area contributed by atoms with Crippen LogP contribution in [0.1, 0.15) is 40.7 Å². The molecule has 0 saturated heterocycles. The Bertz CT molecular complexity index is 1540. The van der Waals surface area contributed by atoms with Crippen molar-refractivity contribution in [2.45, 2.75) is 31.9 Å². The number of nitrogens with one attached hydrogen (secondary N) is 1. The van der Waals surface area contributed by atoms with Gasteiger partial charge in [0.1, 0.15) is 23.9 Å². The van der Waals surface area contributed by atoms with Crippen molar-refractivity contribution < 1.29 is 28.5 Å². The average Bonchev–Trinajstić information content (AvgIpc) is 3.31. The fraction of sp³-hybridized carbons (Fsp3) is 0.310. The third-order valence-corrected chi connectivity index (χ3v) is 7.03. The largest absolute Gasteiger partial charge is 0.502 e. The third-order valence-electron chi connectivity index (χ3n) is 7.03. The number of fused-ring (bicyclic) bond motifs is 3. The van der Waals surface area contributed by atoms with Gasteiger partial charge in [-0.25, -0.2) is 0 Å². The van der Waals surface area contributed by atoms with Crippen molar-refractivity contribution in [2.24, 2.45) is 0 Å². The molecule has 0 bridgehead atoms. The molecule has 5 rings (SSSR count). The quantitative estimate of drug-likeness (QED) is 0.361. The van der Waals surface area contributed by atoms with Gasteiger partial charge in [0.15, 0.2) is 5.76 Å². The van der Waals surface area contributed by atoms with Gasteiger partial charge in [0.2, 0.25) is 17.1 Å². The van der Waals surface area contributed by atoms with Crippen molar-refractivity contribution in [3.8, 4) is 17.2 Å². The van der Waals surface area contributed by atoms with E-state index in [0.29, 0.717) is 30.2 Å². The summed E-state index contributed by atoms with van der Waals surface area (Å²) in [6, 6.07) is 14.5. The van der Waals surface area contributed by atoms with Gasteiger partial charge in [-0.1, -0.05) is 24.3 Å². The van der Waals surface area contributed by atoms with E-state index in [4.69, 9.17) is 18.6 Å². The smallest absolute Gasteiger partial charge is 0.227 e. The Hall–Kier alpha value is -4.24. The molecular weight excluding hydrogens is 488 g/mol. The zero-order chi connectivity index (χ0) is 26.8. The monoisotopic (exact) mass is 518 g/mol. The molecule has 0 fully saturated rings. The molecule has 0 radical (unpaired) electrons. The van der Waals surface area contributed by atoms with Crippen LogP contribution in [0.2, 0.25) is 0 Å². The minimum Gasteiger partial charge on any atom is -0.502 e. The number of hydrogen-bond donors (Lipinski definition) is 2. The summed E-state index contributed by atoms with van der Waals surface area (Å²) in [5.74, 6) is -0.235. The SMILES string of the molecule is COCc1cc(=O)c(O)c([C@H](CC(=O)N2CCc3c([nH]c4ccccc34)C2)c2ccc(OC)cc2OC)o1. The lowest BCUT2D eigenvalue weighted by Crippen LogP contribution is -2.36. The van der Waals surface area contributed by atoms with E-state index >= 15 is 0 Å². The first-order valence-corrected chi connectivity index (χ1v) is 12.4. The van der Waals surface area contributed by atoms with Gasteiger partial charge in [0.05, 0.1) is 26.7 Å². The highest BCUT2D eigenvalue weighted by molar-refractivity contribution is 5.86. The zero-order valence-electron chi connectivity index (χ0n) is 21.6. The van der Waals surface area contributed by atoms with E-state index in [1.165, 1.54) is 31.2 Å². The molecule has 2 N–H and O–H groups in total. The number of para-hydroxylation sites is 1. The topological polar surface area (TPSA) is 114 Å². The molecule has 198 valence electrons. The number of methoxy groups -OCH3 is 3. The van der Waals surface area contributed by atoms with Crippen molar-refractivity contribution in [1.29, 1.82) is 0 Å². The van der Waals surface area contributed by atoms with E-state index < -0.39 is 17.1 Å². The molecule has 0 unspecified atom stereocenters. The molecule has 3 heterocycles. The highest BCUT2D eigenvalue weighted by Crippen LogP contribution is 2.40. The van der Waals surface area contributed by atoms with Crippen LogP contribution < -0.4 is 14.9 Å². The first kappa shape index (κ1) is 25.4. The Morgan fingerprint density at radius 2 is 1.95 bits per heavy atom. The predicted octanol–water partition coefficient (Wildman–Crippen LogP) is 4.10. The zero-order valence-corrected chi connectivity index (χ0v) is 21.6. The van der Waals surface area contributed by atoms with Gasteiger partial charge in [-0.3, -0.25) is 9.59 Å². The second kappa shape index (κ2) is 10.6. The molecule has 1 aliphatic rings. The maximum absolute atomic E-state index is 13.7. The Morgan fingerprint density at radius 3 is 2.71 bits per heavy atom. The summed E-state index contributed by atoms with van der Waals surface area (Å²) in [6.45, 7) is 1.03. The summed E-state index contributed by atoms with van der Waals surface area (Å²) in [5.41, 5.74) is 3.27. The van der Waals surface area contributed by atoms with Crippen LogP contribution in [0.5, 0.6) is 17.2 Å². The van der Waals surface area contributed by atoms with E-state index in [2.05, 4.69) is 11.1 Å². The van der Waals surface area contributed by atoms with Crippen molar-refractivity contribution in [2.75, 3.05) is 27.9 Å². The Morgan fingerprint density at radius 1 is 1.13 bits per heavy atom. The normalized spacial score (nSPS) is 13.8. The van der Waals surface area contributed by atoms with Crippen molar-refractivity contribution >= 4 is 16.8 Å². The number of aromatic hydroxyl groups is 1. The minimum atomic E-state index is -0.794. The lowest BCUT2D eigenvalue weighted by molar-refractivity contribution is -0.132. The highest BCUT2D eigenvalue weighted by Gasteiger charge is 2.32. The molecule has 1 aliphatic heterocycles. The highest BCUT2D eigenvalue weighted by atomic mass is 16.5. The van der Waals surface area contributed by atoms with Crippen molar-refractivity contribution in [1.82, 2.24) is 9.88 Å². The Labute approximate surface area is 219 Å². The molecule has 1 atom stereocenters. The van der Waals surface area contributed by atoms with Crippen LogP contribution in [0.4, 0.5) is 0 Å². The Kier molecular flexibility index (Phi) is 7.11. The summed E-state index contributed by atoms with van der Waals surface area (Å²) in [7, 11) is 4.54. The number of carbonyl (C=O) groups is 1. The number of H-pyrrole nitrogens is 1. The van der Waals surface area contributed by atoms with E-state index in [1.807, 2.05) is 18.2 Å². The van der Waals surface area contributed by atoms with E-state index in [0.717, 1.165) is 17.6 Å². The van der Waals surface area contributed by atoms with E-state index in [-0.39, 0.29) is 30.5 Å². The van der Waals surface area contributed by atoms with Gasteiger partial charge < -0.3 is 33.6 Å². The van der Waals surface area contributed by atoms with Crippen LogP contribution in [0.25, 0.3) is 10.9 Å². The van der Waals surface area contributed by atoms with E-state index in [1.54, 1.807) is 30.2 Å². The number of aromatic amines is 1. The number of carbonyl (C=O) groups excluding carboxylic acids is 1. The second-order valence-corrected chi connectivity index (χ2v) is 9.28. The number of ether oxygens (including phenoxy) is 3. The molecule has 9 nitrogen and oxygen atoms in total. The van der Waals surface area contributed by atoms with E-state index in [9.17, 15) is 14.7 Å². The van der Waals surface area contributed by atoms with Crippen molar-refractivity contribution in [3.05, 3.63) is 87.1 Å². The minimum absolute atomic E-state index is 0.00956. The van der Waals surface area contributed by atoms with Crippen LogP contribution in [-0.2, 0) is 29.1 Å². The fourth-order valence-electron chi connectivity index (χ4n) is 5.16. The molecular formula is C29H30N2O7. The fourth-order valence-corrected chi connectivity index (χ4v) is 5.16. The summed E-state index contributed by atoms with van der Waals surface area (Å²) >= 11 is 0. The summed E-state index contributed by atoms with van der Waals surface area (Å²) in [5, 5.41) is 12.0. The van der Waals surface area contributed by atoms with Crippen LogP contribution in [0.3, 0.4) is 0 Å². The Balaban J connectivity index is 1.52. The second-order valence-electron chi connectivity index (χ2n) is 9.28. The summed E-state index contributed by atoms with van der Waals surface area (Å²) in [4.78, 5) is 31.6. The molecule has 0 spiro atoms. The summed E-state index contributed by atoms with van der Waals surface area (Å²) < 4.78 is 22.0. The van der Waals surface area contributed by atoms with Gasteiger partial charge in [0, 0.05) is 54.4 Å². The number of aromatic nitrogens is 1. The van der Waals surface area contributed by atoms with Gasteiger partial charge in [0.25, 0.3) is 0 Å². The average molecular weight is 519 g/mol. The van der Waals surface area contributed by atoms with Crippen LogP contribution in [0.15, 0.2) is 57.7 Å². The molecule has 1 amide bonds. The number of amides is 1. The molecule has 4 aromatic rings. The molecule has 2 aromatic carbocycles. The van der Waals surface area contributed by atoms with Gasteiger partial charge in [-0.05, 0) is 24.1 Å². The lowest BCUT2D eigenvalue weighted by Gasteiger charge is -2.29.